The highest BCUT2D eigenvalue weighted by Crippen LogP contribution is 2.57. The molecule has 0 radical (unpaired) electrons. The van der Waals surface area contributed by atoms with E-state index in [0.29, 0.717) is 11.8 Å². The number of hydrogen-bond donors (Lipinski definition) is 0. The summed E-state index contributed by atoms with van der Waals surface area (Å²) in [6.07, 6.45) is 0. The Kier molecular flexibility index (Phi) is 3.52. The van der Waals surface area contributed by atoms with Crippen LogP contribution in [0.25, 0.3) is 0 Å². The topological polar surface area (TPSA) is 9.23 Å². The summed E-state index contributed by atoms with van der Waals surface area (Å²) in [6, 6.07) is 19.5. The number of methoxy groups -OCH3 is 1. The van der Waals surface area contributed by atoms with Crippen LogP contribution in [0.3, 0.4) is 0 Å². The lowest BCUT2D eigenvalue weighted by Gasteiger charge is -2.50. The maximum Gasteiger partial charge on any atom is 0.118 e. The molecule has 2 aromatic rings. The van der Waals surface area contributed by atoms with Crippen LogP contribution in [0.2, 0.25) is 0 Å². The van der Waals surface area contributed by atoms with Crippen LogP contribution in [0.5, 0.6) is 5.75 Å². The van der Waals surface area contributed by atoms with Crippen molar-refractivity contribution in [1.82, 2.24) is 0 Å². The summed E-state index contributed by atoms with van der Waals surface area (Å²) < 4.78 is 5.26. The van der Waals surface area contributed by atoms with Crippen molar-refractivity contribution in [3.8, 4) is 5.75 Å². The molecule has 1 aliphatic rings. The fourth-order valence-electron chi connectivity index (χ4n) is 3.69. The van der Waals surface area contributed by atoms with E-state index >= 15 is 0 Å². The van der Waals surface area contributed by atoms with Gasteiger partial charge < -0.3 is 4.74 Å². The number of benzene rings is 2. The number of ether oxygens (including phenoxy) is 1. The van der Waals surface area contributed by atoms with Crippen LogP contribution >= 0.6 is 0 Å². The minimum Gasteiger partial charge on any atom is -0.497 e. The smallest absolute Gasteiger partial charge is 0.118 e. The van der Waals surface area contributed by atoms with Gasteiger partial charge in [-0.1, -0.05) is 56.3 Å². The fraction of sp³-hybridized carbons (Fsp3) is 0.368. The lowest BCUT2D eigenvalue weighted by atomic mass is 9.54. The third-order valence-corrected chi connectivity index (χ3v) is 5.03. The zero-order valence-electron chi connectivity index (χ0n) is 12.4. The van der Waals surface area contributed by atoms with Gasteiger partial charge >= 0.3 is 0 Å². The third kappa shape index (κ3) is 2.11. The molecule has 1 nitrogen and oxygen atoms in total. The molecule has 104 valence electrons. The molecule has 0 heterocycles. The molecule has 20 heavy (non-hydrogen) atoms. The predicted octanol–water partition coefficient (Wildman–Crippen LogP) is 4.85. The van der Waals surface area contributed by atoms with Crippen LogP contribution in [-0.2, 0) is 0 Å². The van der Waals surface area contributed by atoms with Gasteiger partial charge in [-0.15, -0.1) is 0 Å². The Morgan fingerprint density at radius 3 is 1.70 bits per heavy atom. The molecular weight excluding hydrogens is 244 g/mol. The van der Waals surface area contributed by atoms with Crippen molar-refractivity contribution in [2.45, 2.75) is 25.7 Å². The van der Waals surface area contributed by atoms with Gasteiger partial charge in [0.05, 0.1) is 7.11 Å². The average molecular weight is 266 g/mol. The quantitative estimate of drug-likeness (QED) is 0.771. The first-order chi connectivity index (χ1) is 9.72. The van der Waals surface area contributed by atoms with Gasteiger partial charge in [0.25, 0.3) is 0 Å². The van der Waals surface area contributed by atoms with Crippen LogP contribution in [0.1, 0.15) is 36.8 Å². The highest BCUT2D eigenvalue weighted by Gasteiger charge is 2.46. The Balaban J connectivity index is 1.90. The van der Waals surface area contributed by atoms with Gasteiger partial charge in [-0.25, -0.2) is 0 Å². The normalized spacial score (nSPS) is 28.8. The summed E-state index contributed by atoms with van der Waals surface area (Å²) >= 11 is 0. The summed E-state index contributed by atoms with van der Waals surface area (Å²) in [5, 5.41) is 0. The van der Waals surface area contributed by atoms with E-state index < -0.39 is 0 Å². The highest BCUT2D eigenvalue weighted by atomic mass is 16.5. The molecular formula is C19H22O. The predicted molar refractivity (Wildman–Crippen MR) is 83.2 cm³/mol. The number of rotatable bonds is 3. The van der Waals surface area contributed by atoms with Gasteiger partial charge in [0.1, 0.15) is 5.75 Å². The van der Waals surface area contributed by atoms with Crippen molar-refractivity contribution in [3.63, 3.8) is 0 Å². The van der Waals surface area contributed by atoms with E-state index in [9.17, 15) is 0 Å². The van der Waals surface area contributed by atoms with Crippen molar-refractivity contribution >= 4 is 0 Å². The molecule has 1 fully saturated rings. The van der Waals surface area contributed by atoms with E-state index in [-0.39, 0.29) is 0 Å². The van der Waals surface area contributed by atoms with Crippen LogP contribution in [-0.4, -0.2) is 7.11 Å². The van der Waals surface area contributed by atoms with E-state index in [1.807, 2.05) is 0 Å². The Morgan fingerprint density at radius 1 is 0.700 bits per heavy atom. The van der Waals surface area contributed by atoms with Crippen molar-refractivity contribution in [2.24, 2.45) is 11.8 Å². The van der Waals surface area contributed by atoms with Gasteiger partial charge in [0.2, 0.25) is 0 Å². The van der Waals surface area contributed by atoms with Crippen LogP contribution in [0.4, 0.5) is 0 Å². The van der Waals surface area contributed by atoms with E-state index in [4.69, 9.17) is 4.74 Å². The summed E-state index contributed by atoms with van der Waals surface area (Å²) in [6.45, 7) is 4.75. The highest BCUT2D eigenvalue weighted by molar-refractivity contribution is 5.37. The van der Waals surface area contributed by atoms with Crippen molar-refractivity contribution in [3.05, 3.63) is 65.7 Å². The maximum atomic E-state index is 5.26. The molecule has 0 aliphatic heterocycles. The maximum absolute atomic E-state index is 5.26. The molecule has 0 bridgehead atoms. The zero-order valence-corrected chi connectivity index (χ0v) is 12.4. The molecule has 2 aromatic carbocycles. The molecule has 1 saturated carbocycles. The minimum atomic E-state index is 0.623. The van der Waals surface area contributed by atoms with Crippen LogP contribution < -0.4 is 4.74 Å². The number of hydrogen-bond acceptors (Lipinski definition) is 1. The van der Waals surface area contributed by atoms with Crippen LogP contribution in [0, 0.1) is 11.8 Å². The van der Waals surface area contributed by atoms with Gasteiger partial charge in [-0.3, -0.25) is 0 Å². The SMILES string of the molecule is COc1ccc([C@H]2[C@H](C)[C@@H](C)[C@@H]2c2ccccc2)cc1. The standard InChI is InChI=1S/C19H22O/c1-13-14(2)19(16-9-11-17(20-3)12-10-16)18(13)15-7-5-4-6-8-15/h4-14,18-19H,1-3H3/t13-,14-,18-,19-/m1/s1. The molecule has 0 spiro atoms. The molecule has 0 saturated heterocycles. The summed E-state index contributed by atoms with van der Waals surface area (Å²) in [5.74, 6) is 3.67. The Labute approximate surface area is 121 Å². The van der Waals surface area contributed by atoms with Crippen molar-refractivity contribution in [2.75, 3.05) is 7.11 Å². The molecule has 4 atom stereocenters. The first-order valence-corrected chi connectivity index (χ1v) is 7.41. The molecule has 0 N–H and O–H groups in total. The largest absolute Gasteiger partial charge is 0.497 e. The molecule has 0 amide bonds. The molecule has 3 rings (SSSR count). The second kappa shape index (κ2) is 5.32. The summed E-state index contributed by atoms with van der Waals surface area (Å²) in [5.41, 5.74) is 2.91. The minimum absolute atomic E-state index is 0.623. The fourth-order valence-corrected chi connectivity index (χ4v) is 3.69. The monoisotopic (exact) mass is 266 g/mol. The third-order valence-electron chi connectivity index (χ3n) is 5.03. The summed E-state index contributed by atoms with van der Waals surface area (Å²) in [7, 11) is 1.72. The average Bonchev–Trinajstić information content (AvgIpc) is 2.52. The molecule has 1 heteroatoms. The van der Waals surface area contributed by atoms with Crippen molar-refractivity contribution < 1.29 is 4.74 Å². The van der Waals surface area contributed by atoms with Crippen LogP contribution in [0.15, 0.2) is 54.6 Å². The zero-order chi connectivity index (χ0) is 14.1. The first kappa shape index (κ1) is 13.2. The lowest BCUT2D eigenvalue weighted by molar-refractivity contribution is 0.123. The lowest BCUT2D eigenvalue weighted by Crippen LogP contribution is -2.39. The van der Waals surface area contributed by atoms with Gasteiger partial charge in [0.15, 0.2) is 0 Å². The van der Waals surface area contributed by atoms with Crippen molar-refractivity contribution in [1.29, 1.82) is 0 Å². The molecule has 1 aliphatic carbocycles. The van der Waals surface area contributed by atoms with Gasteiger partial charge in [-0.2, -0.15) is 0 Å². The van der Waals surface area contributed by atoms with E-state index in [2.05, 4.69) is 68.4 Å². The molecule has 0 aromatic heterocycles. The first-order valence-electron chi connectivity index (χ1n) is 7.41. The van der Waals surface area contributed by atoms with E-state index in [1.165, 1.54) is 11.1 Å². The second-order valence-electron chi connectivity index (χ2n) is 5.95. The molecule has 0 unspecified atom stereocenters. The Morgan fingerprint density at radius 2 is 1.20 bits per heavy atom. The second-order valence-corrected chi connectivity index (χ2v) is 5.95. The Hall–Kier alpha value is -1.76. The van der Waals surface area contributed by atoms with E-state index in [1.54, 1.807) is 7.11 Å². The van der Waals surface area contributed by atoms with E-state index in [0.717, 1.165) is 17.6 Å². The Bertz CT molecular complexity index is 558. The van der Waals surface area contributed by atoms with Gasteiger partial charge in [0, 0.05) is 0 Å². The van der Waals surface area contributed by atoms with Gasteiger partial charge in [-0.05, 0) is 46.9 Å². The summed E-state index contributed by atoms with van der Waals surface area (Å²) in [4.78, 5) is 0.